The van der Waals surface area contributed by atoms with Gasteiger partial charge in [-0.2, -0.15) is 10.4 Å². The van der Waals surface area contributed by atoms with Crippen LogP contribution in [0.2, 0.25) is 0 Å². The van der Waals surface area contributed by atoms with E-state index in [1.54, 1.807) is 53.6 Å². The molecule has 0 unspecified atom stereocenters. The lowest BCUT2D eigenvalue weighted by Gasteiger charge is -2.05. The molecular weight excluding hydrogens is 350 g/mol. The predicted octanol–water partition coefficient (Wildman–Crippen LogP) is 4.06. The zero-order chi connectivity index (χ0) is 19.3. The molecule has 2 aromatic heterocycles. The van der Waals surface area contributed by atoms with Crippen LogP contribution in [0.4, 0.5) is 5.69 Å². The van der Waals surface area contributed by atoms with Crippen LogP contribution >= 0.6 is 0 Å². The molecule has 2 heterocycles. The van der Waals surface area contributed by atoms with Crippen molar-refractivity contribution in [3.05, 3.63) is 96.4 Å². The lowest BCUT2D eigenvalue weighted by molar-refractivity contribution is 0.102. The van der Waals surface area contributed by atoms with Crippen LogP contribution < -0.4 is 5.32 Å². The fraction of sp³-hybridized carbons (Fsp3) is 0. The summed E-state index contributed by atoms with van der Waals surface area (Å²) < 4.78 is 1.67. The van der Waals surface area contributed by atoms with Gasteiger partial charge >= 0.3 is 0 Å². The van der Waals surface area contributed by atoms with Crippen molar-refractivity contribution in [3.8, 4) is 23.0 Å². The van der Waals surface area contributed by atoms with E-state index in [1.807, 2.05) is 36.4 Å². The first kappa shape index (κ1) is 17.2. The quantitative estimate of drug-likeness (QED) is 0.591. The maximum absolute atomic E-state index is 13.0. The Hall–Kier alpha value is -4.24. The van der Waals surface area contributed by atoms with E-state index in [0.29, 0.717) is 22.5 Å². The summed E-state index contributed by atoms with van der Waals surface area (Å²) in [7, 11) is 0. The zero-order valence-corrected chi connectivity index (χ0v) is 14.8. The predicted molar refractivity (Wildman–Crippen MR) is 106 cm³/mol. The molecule has 6 nitrogen and oxygen atoms in total. The lowest BCUT2D eigenvalue weighted by atomic mass is 10.1. The van der Waals surface area contributed by atoms with Gasteiger partial charge in [0.05, 0.1) is 22.9 Å². The number of nitrogens with zero attached hydrogens (tertiary/aromatic N) is 4. The number of para-hydroxylation sites is 1. The van der Waals surface area contributed by atoms with Crippen molar-refractivity contribution in [2.75, 3.05) is 5.32 Å². The standard InChI is InChI=1S/C22H15N5O/c23-13-16-6-4-8-18(12-16)25-22(28)20-15-27(19-9-2-1-3-10-19)26-21(20)17-7-5-11-24-14-17/h1-12,14-15H,(H,25,28). The Morgan fingerprint density at radius 3 is 2.64 bits per heavy atom. The number of hydrogen-bond acceptors (Lipinski definition) is 4. The highest BCUT2D eigenvalue weighted by Gasteiger charge is 2.19. The van der Waals surface area contributed by atoms with Gasteiger partial charge in [-0.3, -0.25) is 9.78 Å². The maximum Gasteiger partial charge on any atom is 0.259 e. The molecule has 0 aliphatic carbocycles. The number of aromatic nitrogens is 3. The van der Waals surface area contributed by atoms with Crippen molar-refractivity contribution in [1.82, 2.24) is 14.8 Å². The average Bonchev–Trinajstić information content (AvgIpc) is 3.21. The van der Waals surface area contributed by atoms with Gasteiger partial charge in [0, 0.05) is 29.8 Å². The van der Waals surface area contributed by atoms with E-state index in [0.717, 1.165) is 11.3 Å². The number of nitriles is 1. The monoisotopic (exact) mass is 365 g/mol. The van der Waals surface area contributed by atoms with Gasteiger partial charge < -0.3 is 5.32 Å². The first-order valence-electron chi connectivity index (χ1n) is 8.61. The number of hydrogen-bond donors (Lipinski definition) is 1. The fourth-order valence-electron chi connectivity index (χ4n) is 2.83. The average molecular weight is 365 g/mol. The van der Waals surface area contributed by atoms with E-state index >= 15 is 0 Å². The van der Waals surface area contributed by atoms with Gasteiger partial charge in [0.1, 0.15) is 5.69 Å². The van der Waals surface area contributed by atoms with Gasteiger partial charge in [-0.1, -0.05) is 24.3 Å². The summed E-state index contributed by atoms with van der Waals surface area (Å²) in [6.07, 6.45) is 5.04. The van der Waals surface area contributed by atoms with Gasteiger partial charge in [-0.15, -0.1) is 0 Å². The number of pyridine rings is 1. The molecule has 4 aromatic rings. The Bertz CT molecular complexity index is 1160. The van der Waals surface area contributed by atoms with E-state index in [9.17, 15) is 4.79 Å². The second kappa shape index (κ2) is 7.56. The molecule has 6 heteroatoms. The van der Waals surface area contributed by atoms with Crippen molar-refractivity contribution in [3.63, 3.8) is 0 Å². The highest BCUT2D eigenvalue weighted by Crippen LogP contribution is 2.24. The number of nitrogens with one attached hydrogen (secondary N) is 1. The fourth-order valence-corrected chi connectivity index (χ4v) is 2.83. The number of rotatable bonds is 4. The molecule has 0 radical (unpaired) electrons. The molecule has 0 aliphatic heterocycles. The van der Waals surface area contributed by atoms with Crippen molar-refractivity contribution in [1.29, 1.82) is 5.26 Å². The van der Waals surface area contributed by atoms with Crippen LogP contribution in [0.3, 0.4) is 0 Å². The molecule has 2 aromatic carbocycles. The topological polar surface area (TPSA) is 83.6 Å². The van der Waals surface area contributed by atoms with Crippen molar-refractivity contribution in [2.24, 2.45) is 0 Å². The summed E-state index contributed by atoms with van der Waals surface area (Å²) >= 11 is 0. The van der Waals surface area contributed by atoms with Crippen LogP contribution in [-0.2, 0) is 0 Å². The van der Waals surface area contributed by atoms with Crippen LogP contribution in [0.5, 0.6) is 0 Å². The Balaban J connectivity index is 1.75. The summed E-state index contributed by atoms with van der Waals surface area (Å²) in [5.41, 5.74) is 3.57. The Kier molecular flexibility index (Phi) is 4.64. The summed E-state index contributed by atoms with van der Waals surface area (Å²) in [5.74, 6) is -0.309. The lowest BCUT2D eigenvalue weighted by Crippen LogP contribution is -2.12. The molecule has 0 aliphatic rings. The third kappa shape index (κ3) is 3.50. The maximum atomic E-state index is 13.0. The number of carbonyl (C=O) groups excluding carboxylic acids is 1. The molecule has 0 saturated carbocycles. The minimum absolute atomic E-state index is 0.309. The molecule has 0 saturated heterocycles. The zero-order valence-electron chi connectivity index (χ0n) is 14.8. The van der Waals surface area contributed by atoms with Gasteiger partial charge in [0.15, 0.2) is 0 Å². The molecule has 4 rings (SSSR count). The normalized spacial score (nSPS) is 10.2. The van der Waals surface area contributed by atoms with Crippen LogP contribution in [0.15, 0.2) is 85.3 Å². The van der Waals surface area contributed by atoms with Crippen molar-refractivity contribution >= 4 is 11.6 Å². The van der Waals surface area contributed by atoms with E-state index in [2.05, 4.69) is 21.5 Å². The van der Waals surface area contributed by atoms with Crippen LogP contribution in [-0.4, -0.2) is 20.7 Å². The first-order valence-corrected chi connectivity index (χ1v) is 8.61. The van der Waals surface area contributed by atoms with Gasteiger partial charge in [-0.25, -0.2) is 4.68 Å². The molecular formula is C22H15N5O. The summed E-state index contributed by atoms with van der Waals surface area (Å²) in [6.45, 7) is 0. The molecule has 0 spiro atoms. The number of amides is 1. The van der Waals surface area contributed by atoms with Crippen LogP contribution in [0.25, 0.3) is 16.9 Å². The molecule has 134 valence electrons. The summed E-state index contributed by atoms with van der Waals surface area (Å²) in [5, 5.41) is 16.5. The Morgan fingerprint density at radius 1 is 1.04 bits per heavy atom. The Morgan fingerprint density at radius 2 is 1.89 bits per heavy atom. The summed E-state index contributed by atoms with van der Waals surface area (Å²) in [4.78, 5) is 17.1. The van der Waals surface area contributed by atoms with Crippen LogP contribution in [0, 0.1) is 11.3 Å². The molecule has 28 heavy (non-hydrogen) atoms. The minimum atomic E-state index is -0.309. The third-order valence-corrected chi connectivity index (χ3v) is 4.16. The number of carbonyl (C=O) groups is 1. The van der Waals surface area contributed by atoms with Crippen LogP contribution in [0.1, 0.15) is 15.9 Å². The van der Waals surface area contributed by atoms with E-state index in [1.165, 1.54) is 0 Å². The number of benzene rings is 2. The van der Waals surface area contributed by atoms with Gasteiger partial charge in [0.25, 0.3) is 5.91 Å². The highest BCUT2D eigenvalue weighted by atomic mass is 16.1. The van der Waals surface area contributed by atoms with Gasteiger partial charge in [-0.05, 0) is 42.5 Å². The highest BCUT2D eigenvalue weighted by molar-refractivity contribution is 6.08. The Labute approximate surface area is 161 Å². The second-order valence-corrected chi connectivity index (χ2v) is 6.06. The SMILES string of the molecule is N#Cc1cccc(NC(=O)c2cn(-c3ccccc3)nc2-c2cccnc2)c1. The smallest absolute Gasteiger partial charge is 0.259 e. The minimum Gasteiger partial charge on any atom is -0.322 e. The van der Waals surface area contributed by atoms with E-state index in [-0.39, 0.29) is 5.91 Å². The van der Waals surface area contributed by atoms with E-state index < -0.39 is 0 Å². The first-order chi connectivity index (χ1) is 13.7. The van der Waals surface area contributed by atoms with Gasteiger partial charge in [0.2, 0.25) is 0 Å². The molecule has 0 atom stereocenters. The molecule has 1 N–H and O–H groups in total. The third-order valence-electron chi connectivity index (χ3n) is 4.16. The second-order valence-electron chi connectivity index (χ2n) is 6.06. The van der Waals surface area contributed by atoms with Crippen molar-refractivity contribution < 1.29 is 4.79 Å². The number of anilines is 1. The summed E-state index contributed by atoms with van der Waals surface area (Å²) in [6, 6.07) is 22.1. The van der Waals surface area contributed by atoms with Crippen molar-refractivity contribution in [2.45, 2.75) is 0 Å². The van der Waals surface area contributed by atoms with E-state index in [4.69, 9.17) is 5.26 Å². The molecule has 0 bridgehead atoms. The largest absolute Gasteiger partial charge is 0.322 e. The molecule has 1 amide bonds. The molecule has 0 fully saturated rings.